The molecule has 0 aliphatic rings. The molecular formula is C13H12N4O2. The number of pyridine rings is 1. The van der Waals surface area contributed by atoms with Gasteiger partial charge in [-0.05, 0) is 18.6 Å². The Labute approximate surface area is 110 Å². The van der Waals surface area contributed by atoms with Crippen LogP contribution in [0.25, 0.3) is 0 Å². The highest BCUT2D eigenvalue weighted by molar-refractivity contribution is 5.80. The van der Waals surface area contributed by atoms with Crippen LogP contribution in [0.4, 0.5) is 11.5 Å². The van der Waals surface area contributed by atoms with Gasteiger partial charge in [0.05, 0.1) is 11.1 Å². The minimum Gasteiger partial charge on any atom is -0.261 e. The number of aryl methyl sites for hydroxylation is 1. The summed E-state index contributed by atoms with van der Waals surface area (Å²) >= 11 is 0. The molecule has 6 heteroatoms. The molecule has 1 aromatic heterocycles. The van der Waals surface area contributed by atoms with E-state index in [1.165, 1.54) is 23.9 Å². The van der Waals surface area contributed by atoms with Crippen molar-refractivity contribution in [1.82, 2.24) is 4.98 Å². The number of anilines is 1. The van der Waals surface area contributed by atoms with Crippen molar-refractivity contribution in [3.05, 3.63) is 63.8 Å². The molecule has 0 spiro atoms. The Morgan fingerprint density at radius 1 is 1.26 bits per heavy atom. The van der Waals surface area contributed by atoms with Crippen LogP contribution in [-0.2, 0) is 0 Å². The van der Waals surface area contributed by atoms with Crippen LogP contribution < -0.4 is 5.43 Å². The summed E-state index contributed by atoms with van der Waals surface area (Å²) in [5, 5.41) is 14.5. The molecule has 2 rings (SSSR count). The SMILES string of the molecule is Cc1ccc(/C=N\Nc2ccc([N+](=O)[O-])cn2)cc1. The molecular weight excluding hydrogens is 244 g/mol. The Bertz CT molecular complexity index is 591. The molecule has 6 nitrogen and oxygen atoms in total. The lowest BCUT2D eigenvalue weighted by molar-refractivity contribution is -0.385. The van der Waals surface area contributed by atoms with Crippen LogP contribution in [-0.4, -0.2) is 16.1 Å². The van der Waals surface area contributed by atoms with Crippen molar-refractivity contribution < 1.29 is 4.92 Å². The first-order valence-corrected chi connectivity index (χ1v) is 5.61. The van der Waals surface area contributed by atoms with Crippen molar-refractivity contribution in [2.45, 2.75) is 6.92 Å². The average Bonchev–Trinajstić information content (AvgIpc) is 2.41. The van der Waals surface area contributed by atoms with Crippen LogP contribution >= 0.6 is 0 Å². The van der Waals surface area contributed by atoms with Gasteiger partial charge in [-0.15, -0.1) is 0 Å². The highest BCUT2D eigenvalue weighted by atomic mass is 16.6. The van der Waals surface area contributed by atoms with Gasteiger partial charge < -0.3 is 0 Å². The van der Waals surface area contributed by atoms with Crippen molar-refractivity contribution in [2.24, 2.45) is 5.10 Å². The summed E-state index contributed by atoms with van der Waals surface area (Å²) in [5.74, 6) is 0.453. The molecule has 0 radical (unpaired) electrons. The number of nitrogens with zero attached hydrogens (tertiary/aromatic N) is 3. The quantitative estimate of drug-likeness (QED) is 0.518. The van der Waals surface area contributed by atoms with Crippen LogP contribution in [0.1, 0.15) is 11.1 Å². The van der Waals surface area contributed by atoms with Gasteiger partial charge in [-0.1, -0.05) is 29.8 Å². The van der Waals surface area contributed by atoms with Crippen molar-refractivity contribution in [2.75, 3.05) is 5.43 Å². The maximum Gasteiger partial charge on any atom is 0.287 e. The molecule has 0 aliphatic heterocycles. The molecule has 0 bridgehead atoms. The summed E-state index contributed by atoms with van der Waals surface area (Å²) in [6.45, 7) is 2.01. The summed E-state index contributed by atoms with van der Waals surface area (Å²) in [6, 6.07) is 10.8. The first-order valence-electron chi connectivity index (χ1n) is 5.61. The number of hydrazone groups is 1. The standard InChI is InChI=1S/C13H12N4O2/c1-10-2-4-11(5-3-10)8-15-16-13-7-6-12(9-14-13)17(18)19/h2-9H,1H3,(H,14,16)/b15-8-. The number of hydrogen-bond acceptors (Lipinski definition) is 5. The van der Waals surface area contributed by atoms with Gasteiger partial charge in [0.2, 0.25) is 0 Å². The number of benzene rings is 1. The molecule has 0 unspecified atom stereocenters. The maximum atomic E-state index is 10.5. The Balaban J connectivity index is 1.98. The Morgan fingerprint density at radius 2 is 2.00 bits per heavy atom. The highest BCUT2D eigenvalue weighted by Crippen LogP contribution is 2.11. The lowest BCUT2D eigenvalue weighted by Gasteiger charge is -1.98. The average molecular weight is 256 g/mol. The summed E-state index contributed by atoms with van der Waals surface area (Å²) in [7, 11) is 0. The van der Waals surface area contributed by atoms with Gasteiger partial charge in [0.1, 0.15) is 12.0 Å². The molecule has 0 aliphatic carbocycles. The Kier molecular flexibility index (Phi) is 3.82. The maximum absolute atomic E-state index is 10.5. The number of nitrogens with one attached hydrogen (secondary N) is 1. The molecule has 0 saturated heterocycles. The molecule has 19 heavy (non-hydrogen) atoms. The van der Waals surface area contributed by atoms with Gasteiger partial charge >= 0.3 is 0 Å². The molecule has 0 amide bonds. The third-order valence-electron chi connectivity index (χ3n) is 2.43. The van der Waals surface area contributed by atoms with E-state index < -0.39 is 4.92 Å². The third-order valence-corrected chi connectivity index (χ3v) is 2.43. The monoisotopic (exact) mass is 256 g/mol. The zero-order chi connectivity index (χ0) is 13.7. The molecule has 0 fully saturated rings. The van der Waals surface area contributed by atoms with E-state index in [1.54, 1.807) is 6.21 Å². The van der Waals surface area contributed by atoms with Gasteiger partial charge in [-0.25, -0.2) is 4.98 Å². The molecule has 2 aromatic rings. The molecule has 1 heterocycles. The van der Waals surface area contributed by atoms with Crippen LogP contribution in [0.15, 0.2) is 47.7 Å². The largest absolute Gasteiger partial charge is 0.287 e. The van der Waals surface area contributed by atoms with E-state index in [-0.39, 0.29) is 5.69 Å². The molecule has 1 N–H and O–H groups in total. The summed E-state index contributed by atoms with van der Waals surface area (Å²) in [6.07, 6.45) is 2.84. The van der Waals surface area contributed by atoms with Gasteiger partial charge in [-0.2, -0.15) is 5.10 Å². The van der Waals surface area contributed by atoms with Crippen LogP contribution in [0, 0.1) is 17.0 Å². The minimum atomic E-state index is -0.494. The van der Waals surface area contributed by atoms with E-state index in [0.717, 1.165) is 5.56 Å². The lowest BCUT2D eigenvalue weighted by Crippen LogP contribution is -1.95. The smallest absolute Gasteiger partial charge is 0.261 e. The van der Waals surface area contributed by atoms with E-state index in [2.05, 4.69) is 15.5 Å². The van der Waals surface area contributed by atoms with Crippen LogP contribution in [0.2, 0.25) is 0 Å². The predicted molar refractivity (Wildman–Crippen MR) is 73.3 cm³/mol. The van der Waals surface area contributed by atoms with E-state index >= 15 is 0 Å². The predicted octanol–water partition coefficient (Wildman–Crippen LogP) is 2.74. The van der Waals surface area contributed by atoms with Gasteiger partial charge in [0.15, 0.2) is 0 Å². The number of rotatable bonds is 4. The topological polar surface area (TPSA) is 80.4 Å². The van der Waals surface area contributed by atoms with Crippen molar-refractivity contribution in [3.8, 4) is 0 Å². The molecule has 0 saturated carbocycles. The lowest BCUT2D eigenvalue weighted by atomic mass is 10.2. The molecule has 0 atom stereocenters. The van der Waals surface area contributed by atoms with Gasteiger partial charge in [0, 0.05) is 6.07 Å². The number of aromatic nitrogens is 1. The first kappa shape index (κ1) is 12.7. The number of nitro groups is 1. The van der Waals surface area contributed by atoms with Crippen molar-refractivity contribution in [1.29, 1.82) is 0 Å². The fourth-order valence-electron chi connectivity index (χ4n) is 1.39. The third kappa shape index (κ3) is 3.60. The second-order valence-corrected chi connectivity index (χ2v) is 3.94. The van der Waals surface area contributed by atoms with Crippen molar-refractivity contribution >= 4 is 17.7 Å². The van der Waals surface area contributed by atoms with Gasteiger partial charge in [-0.3, -0.25) is 15.5 Å². The second kappa shape index (κ2) is 5.72. The van der Waals surface area contributed by atoms with Crippen molar-refractivity contribution in [3.63, 3.8) is 0 Å². The van der Waals surface area contributed by atoms with E-state index in [4.69, 9.17) is 0 Å². The van der Waals surface area contributed by atoms with E-state index in [0.29, 0.717) is 5.82 Å². The number of hydrogen-bond donors (Lipinski definition) is 1. The minimum absolute atomic E-state index is 0.0481. The van der Waals surface area contributed by atoms with Crippen LogP contribution in [0.5, 0.6) is 0 Å². The normalized spacial score (nSPS) is 10.6. The zero-order valence-corrected chi connectivity index (χ0v) is 10.3. The van der Waals surface area contributed by atoms with Crippen LogP contribution in [0.3, 0.4) is 0 Å². The molecule has 96 valence electrons. The Hall–Kier alpha value is -2.76. The Morgan fingerprint density at radius 3 is 2.58 bits per heavy atom. The first-order chi connectivity index (χ1) is 9.15. The summed E-state index contributed by atoms with van der Waals surface area (Å²) in [5.41, 5.74) is 4.80. The summed E-state index contributed by atoms with van der Waals surface area (Å²) < 4.78 is 0. The summed E-state index contributed by atoms with van der Waals surface area (Å²) in [4.78, 5) is 13.8. The fraction of sp³-hybridized carbons (Fsp3) is 0.0769. The van der Waals surface area contributed by atoms with E-state index in [9.17, 15) is 10.1 Å². The van der Waals surface area contributed by atoms with Gasteiger partial charge in [0.25, 0.3) is 5.69 Å². The molecule has 1 aromatic carbocycles. The van der Waals surface area contributed by atoms with E-state index in [1.807, 2.05) is 31.2 Å². The second-order valence-electron chi connectivity index (χ2n) is 3.94. The highest BCUT2D eigenvalue weighted by Gasteiger charge is 2.04. The fourth-order valence-corrected chi connectivity index (χ4v) is 1.39. The zero-order valence-electron chi connectivity index (χ0n) is 10.3.